The highest BCUT2D eigenvalue weighted by molar-refractivity contribution is 6.13. The van der Waals surface area contributed by atoms with E-state index in [1.807, 2.05) is 19.1 Å². The first-order valence-corrected chi connectivity index (χ1v) is 6.47. The molecule has 0 bridgehead atoms. The zero-order valence-corrected chi connectivity index (χ0v) is 11.9. The molecule has 2 aromatic carbocycles. The number of hydrogen-bond acceptors (Lipinski definition) is 2. The molecule has 2 aromatic rings. The van der Waals surface area contributed by atoms with Crippen LogP contribution < -0.4 is 4.90 Å². The summed E-state index contributed by atoms with van der Waals surface area (Å²) in [5.74, 6) is -0.554. The summed E-state index contributed by atoms with van der Waals surface area (Å²) in [6.07, 6.45) is 0. The maximum Gasteiger partial charge on any atom is 0.230 e. The number of anilines is 1. The smallest absolute Gasteiger partial charge is 0.230 e. The van der Waals surface area contributed by atoms with Gasteiger partial charge in [-0.3, -0.25) is 14.5 Å². The fourth-order valence-corrected chi connectivity index (χ4v) is 2.13. The molecule has 2 amide bonds. The number of rotatable bonds is 2. The molecule has 0 saturated heterocycles. The first-order chi connectivity index (χ1) is 9.49. The number of benzene rings is 2. The van der Waals surface area contributed by atoms with Gasteiger partial charge in [-0.05, 0) is 30.2 Å². The van der Waals surface area contributed by atoms with Crippen molar-refractivity contribution in [3.05, 3.63) is 54.1 Å². The standard InChI is InChI=1S/C17H17NO2/c1-12-4-6-15(7-5-12)16-8-10-17(11-9-16)18(13(2)19)14(3)20/h4-11H,1-3H3. The number of carbonyl (C=O) groups is 2. The lowest BCUT2D eigenvalue weighted by Gasteiger charge is -2.17. The Bertz CT molecular complexity index is 613. The molecule has 0 unspecified atom stereocenters. The van der Waals surface area contributed by atoms with Crippen LogP contribution in [0.1, 0.15) is 19.4 Å². The summed E-state index contributed by atoms with van der Waals surface area (Å²) in [7, 11) is 0. The number of amides is 2. The maximum absolute atomic E-state index is 11.5. The van der Waals surface area contributed by atoms with Crippen LogP contribution in [0.4, 0.5) is 5.69 Å². The molecule has 3 nitrogen and oxygen atoms in total. The molecule has 0 saturated carbocycles. The summed E-state index contributed by atoms with van der Waals surface area (Å²) in [4.78, 5) is 24.1. The molecular weight excluding hydrogens is 250 g/mol. The lowest BCUT2D eigenvalue weighted by atomic mass is 10.0. The largest absolute Gasteiger partial charge is 0.274 e. The Labute approximate surface area is 118 Å². The third kappa shape index (κ3) is 2.94. The molecule has 3 heteroatoms. The van der Waals surface area contributed by atoms with Gasteiger partial charge in [-0.15, -0.1) is 0 Å². The molecular formula is C17H17NO2. The number of carbonyl (C=O) groups excluding carboxylic acids is 2. The Kier molecular flexibility index (Phi) is 3.99. The van der Waals surface area contributed by atoms with E-state index in [2.05, 4.69) is 24.3 Å². The van der Waals surface area contributed by atoms with Gasteiger partial charge in [0.15, 0.2) is 0 Å². The number of imide groups is 1. The van der Waals surface area contributed by atoms with Crippen molar-refractivity contribution < 1.29 is 9.59 Å². The molecule has 0 aromatic heterocycles. The Hall–Kier alpha value is -2.42. The van der Waals surface area contributed by atoms with Crippen molar-refractivity contribution in [2.45, 2.75) is 20.8 Å². The van der Waals surface area contributed by atoms with Gasteiger partial charge in [0.1, 0.15) is 0 Å². The molecule has 0 fully saturated rings. The fraction of sp³-hybridized carbons (Fsp3) is 0.176. The Morgan fingerprint density at radius 1 is 0.750 bits per heavy atom. The van der Waals surface area contributed by atoms with Gasteiger partial charge in [0, 0.05) is 13.8 Å². The van der Waals surface area contributed by atoms with E-state index in [0.29, 0.717) is 5.69 Å². The van der Waals surface area contributed by atoms with Crippen molar-refractivity contribution in [2.75, 3.05) is 4.90 Å². The van der Waals surface area contributed by atoms with Gasteiger partial charge < -0.3 is 0 Å². The van der Waals surface area contributed by atoms with Crippen LogP contribution in [0.3, 0.4) is 0 Å². The summed E-state index contributed by atoms with van der Waals surface area (Å²) < 4.78 is 0. The summed E-state index contributed by atoms with van der Waals surface area (Å²) in [6, 6.07) is 15.6. The zero-order chi connectivity index (χ0) is 14.7. The van der Waals surface area contributed by atoms with Crippen molar-refractivity contribution in [1.82, 2.24) is 0 Å². The van der Waals surface area contributed by atoms with E-state index in [1.54, 1.807) is 12.1 Å². The van der Waals surface area contributed by atoms with Gasteiger partial charge in [-0.25, -0.2) is 0 Å². The lowest BCUT2D eigenvalue weighted by molar-refractivity contribution is -0.124. The van der Waals surface area contributed by atoms with Crippen LogP contribution in [-0.2, 0) is 9.59 Å². The molecule has 0 N–H and O–H groups in total. The van der Waals surface area contributed by atoms with Crippen LogP contribution in [0.2, 0.25) is 0 Å². The summed E-state index contributed by atoms with van der Waals surface area (Å²) >= 11 is 0. The molecule has 0 spiro atoms. The molecule has 0 aliphatic carbocycles. The SMILES string of the molecule is CC(=O)N(C(C)=O)c1ccc(-c2ccc(C)cc2)cc1. The molecule has 0 aliphatic heterocycles. The first-order valence-electron chi connectivity index (χ1n) is 6.47. The first kappa shape index (κ1) is 14.0. The van der Waals surface area contributed by atoms with Gasteiger partial charge in [-0.2, -0.15) is 0 Å². The van der Waals surface area contributed by atoms with Crippen LogP contribution in [-0.4, -0.2) is 11.8 Å². The van der Waals surface area contributed by atoms with Crippen LogP contribution in [0.5, 0.6) is 0 Å². The zero-order valence-electron chi connectivity index (χ0n) is 11.9. The second-order valence-electron chi connectivity index (χ2n) is 4.79. The normalized spacial score (nSPS) is 10.2. The second kappa shape index (κ2) is 5.70. The van der Waals surface area contributed by atoms with Crippen molar-refractivity contribution in [1.29, 1.82) is 0 Å². The molecule has 20 heavy (non-hydrogen) atoms. The highest BCUT2D eigenvalue weighted by Gasteiger charge is 2.15. The van der Waals surface area contributed by atoms with Crippen LogP contribution >= 0.6 is 0 Å². The molecule has 0 aliphatic rings. The van der Waals surface area contributed by atoms with E-state index in [-0.39, 0.29) is 11.8 Å². The molecule has 102 valence electrons. The van der Waals surface area contributed by atoms with Crippen LogP contribution in [0, 0.1) is 6.92 Å². The summed E-state index contributed by atoms with van der Waals surface area (Å²) in [6.45, 7) is 4.81. The van der Waals surface area contributed by atoms with Gasteiger partial charge in [-0.1, -0.05) is 42.0 Å². The predicted molar refractivity (Wildman–Crippen MR) is 80.5 cm³/mol. The quantitative estimate of drug-likeness (QED) is 0.834. The monoisotopic (exact) mass is 267 g/mol. The minimum absolute atomic E-state index is 0.277. The van der Waals surface area contributed by atoms with Crippen LogP contribution in [0.15, 0.2) is 48.5 Å². The summed E-state index contributed by atoms with van der Waals surface area (Å²) in [5.41, 5.74) is 3.98. The van der Waals surface area contributed by atoms with E-state index in [4.69, 9.17) is 0 Å². The number of aryl methyl sites for hydroxylation is 1. The van der Waals surface area contributed by atoms with E-state index in [0.717, 1.165) is 11.1 Å². The lowest BCUT2D eigenvalue weighted by Crippen LogP contribution is -2.32. The second-order valence-corrected chi connectivity index (χ2v) is 4.79. The summed E-state index contributed by atoms with van der Waals surface area (Å²) in [5, 5.41) is 0. The number of hydrogen-bond donors (Lipinski definition) is 0. The Morgan fingerprint density at radius 3 is 1.55 bits per heavy atom. The Morgan fingerprint density at radius 2 is 1.15 bits per heavy atom. The predicted octanol–water partition coefficient (Wildman–Crippen LogP) is 3.56. The van der Waals surface area contributed by atoms with E-state index in [1.165, 1.54) is 24.3 Å². The van der Waals surface area contributed by atoms with E-state index in [9.17, 15) is 9.59 Å². The third-order valence-electron chi connectivity index (χ3n) is 3.14. The molecule has 0 atom stereocenters. The molecule has 0 heterocycles. The molecule has 0 radical (unpaired) electrons. The Balaban J connectivity index is 2.32. The van der Waals surface area contributed by atoms with E-state index >= 15 is 0 Å². The minimum atomic E-state index is -0.277. The van der Waals surface area contributed by atoms with Crippen molar-refractivity contribution >= 4 is 17.5 Å². The minimum Gasteiger partial charge on any atom is -0.274 e. The van der Waals surface area contributed by atoms with Crippen LogP contribution in [0.25, 0.3) is 11.1 Å². The van der Waals surface area contributed by atoms with Gasteiger partial charge >= 0.3 is 0 Å². The van der Waals surface area contributed by atoms with Crippen molar-refractivity contribution in [2.24, 2.45) is 0 Å². The van der Waals surface area contributed by atoms with Gasteiger partial charge in [0.25, 0.3) is 0 Å². The molecule has 2 rings (SSSR count). The van der Waals surface area contributed by atoms with Crippen molar-refractivity contribution in [3.63, 3.8) is 0 Å². The highest BCUT2D eigenvalue weighted by atomic mass is 16.2. The van der Waals surface area contributed by atoms with E-state index < -0.39 is 0 Å². The fourth-order valence-electron chi connectivity index (χ4n) is 2.13. The average Bonchev–Trinajstić information content (AvgIpc) is 2.40. The maximum atomic E-state index is 11.5. The van der Waals surface area contributed by atoms with Crippen molar-refractivity contribution in [3.8, 4) is 11.1 Å². The van der Waals surface area contributed by atoms with Gasteiger partial charge in [0.05, 0.1) is 5.69 Å². The topological polar surface area (TPSA) is 37.4 Å². The number of nitrogens with zero attached hydrogens (tertiary/aromatic N) is 1. The average molecular weight is 267 g/mol. The highest BCUT2D eigenvalue weighted by Crippen LogP contribution is 2.23. The van der Waals surface area contributed by atoms with Gasteiger partial charge in [0.2, 0.25) is 11.8 Å². The third-order valence-corrected chi connectivity index (χ3v) is 3.14.